The van der Waals surface area contributed by atoms with Gasteiger partial charge in [-0.3, -0.25) is 33.8 Å². The first kappa shape index (κ1) is 46.4. The normalized spacial score (nSPS) is 17.2. The van der Waals surface area contributed by atoms with Crippen LogP contribution < -0.4 is 54.8 Å². The van der Waals surface area contributed by atoms with E-state index in [0.717, 1.165) is 6.42 Å². The van der Waals surface area contributed by atoms with E-state index in [2.05, 4.69) is 36.9 Å². The Labute approximate surface area is 308 Å². The van der Waals surface area contributed by atoms with Crippen LogP contribution in [-0.4, -0.2) is 131 Å². The number of nitrogens with one attached hydrogen (secondary N) is 6. The van der Waals surface area contributed by atoms with Crippen molar-refractivity contribution >= 4 is 47.4 Å². The summed E-state index contributed by atoms with van der Waals surface area (Å²) in [4.78, 5) is 93.8. The van der Waals surface area contributed by atoms with Gasteiger partial charge in [-0.25, -0.2) is 4.79 Å². The minimum absolute atomic E-state index is 0.0348. The molecule has 7 atom stereocenters. The molecular weight excluding hydrogens is 698 g/mol. The number of amides is 5. The highest BCUT2D eigenvalue weighted by Gasteiger charge is 2.34. The number of aliphatic hydroxyl groups excluding tert-OH is 1. The number of hydrogen-bond acceptors (Lipinski definition) is 12. The fraction of sp³-hybridized carbons (Fsp3) is 0.750. The van der Waals surface area contributed by atoms with E-state index in [1.165, 1.54) is 6.92 Å². The average Bonchev–Trinajstić information content (AvgIpc) is 3.64. The zero-order valence-corrected chi connectivity index (χ0v) is 30.3. The lowest BCUT2D eigenvalue weighted by Crippen LogP contribution is -2.60. The number of carboxylic acid groups (broad SMARTS) is 2. The summed E-state index contributed by atoms with van der Waals surface area (Å²) >= 11 is 0. The summed E-state index contributed by atoms with van der Waals surface area (Å²) in [5, 5.41) is 44.8. The molecule has 0 bridgehead atoms. The summed E-state index contributed by atoms with van der Waals surface area (Å²) in [6.45, 7) is 2.58. The predicted molar refractivity (Wildman–Crippen MR) is 193 cm³/mol. The lowest BCUT2D eigenvalue weighted by atomic mass is 10.0. The number of aliphatic carboxylic acids is 2. The summed E-state index contributed by atoms with van der Waals surface area (Å²) in [5.74, 6) is -6.79. The molecule has 0 radical (unpaired) electrons. The van der Waals surface area contributed by atoms with Gasteiger partial charge in [0.2, 0.25) is 29.5 Å². The molecule has 53 heavy (non-hydrogen) atoms. The highest BCUT2D eigenvalue weighted by molar-refractivity contribution is 5.96. The third-order valence-electron chi connectivity index (χ3n) is 8.44. The molecule has 17 N–H and O–H groups in total. The standard InChI is InChI=1S/C32H59N11O10/c1-18(44)25(43-26(47)19-10-6-16-37-19)30(51)41-21(9-3-5-15-34)27(48)40-22(12-13-24(45)46)29(50)39-20(8-2-4-14-33)28(49)42-23(31(52)53)11-7-17-38-32(35)36/h18-23,25,37,44H,2-17,33-34H2,1H3,(H,39,50)(H,40,48)(H,41,51)(H,42,49)(H,43,47)(H,45,46)(H,52,53)(H4,35,36,38)/t18-,19+,20+,21+,22+,23+,25+/m1/s1. The highest BCUT2D eigenvalue weighted by Crippen LogP contribution is 2.10. The highest BCUT2D eigenvalue weighted by atomic mass is 16.4. The van der Waals surface area contributed by atoms with Crippen molar-refractivity contribution in [3.8, 4) is 0 Å². The molecule has 1 saturated heterocycles. The molecule has 21 heteroatoms. The molecule has 5 amide bonds. The van der Waals surface area contributed by atoms with E-state index in [4.69, 9.17) is 22.9 Å². The molecule has 0 aromatic carbocycles. The number of aliphatic hydroxyl groups is 1. The van der Waals surface area contributed by atoms with Crippen LogP contribution in [0.4, 0.5) is 0 Å². The van der Waals surface area contributed by atoms with Crippen LogP contribution >= 0.6 is 0 Å². The summed E-state index contributed by atoms with van der Waals surface area (Å²) in [7, 11) is 0. The lowest BCUT2D eigenvalue weighted by molar-refractivity contribution is -0.142. The number of carbonyl (C=O) groups excluding carboxylic acids is 5. The number of nitrogens with two attached hydrogens (primary N) is 4. The molecule has 1 aliphatic rings. The predicted octanol–water partition coefficient (Wildman–Crippen LogP) is -4.20. The van der Waals surface area contributed by atoms with Gasteiger partial charge in [-0.15, -0.1) is 0 Å². The molecule has 1 aliphatic heterocycles. The number of nitrogens with zero attached hydrogens (tertiary/aromatic N) is 1. The minimum Gasteiger partial charge on any atom is -0.481 e. The average molecular weight is 758 g/mol. The van der Waals surface area contributed by atoms with Gasteiger partial charge in [-0.05, 0) is 97.2 Å². The third kappa shape index (κ3) is 18.6. The molecule has 21 nitrogen and oxygen atoms in total. The monoisotopic (exact) mass is 757 g/mol. The lowest BCUT2D eigenvalue weighted by Gasteiger charge is -2.28. The van der Waals surface area contributed by atoms with Gasteiger partial charge < -0.3 is 70.2 Å². The molecule has 302 valence electrons. The van der Waals surface area contributed by atoms with E-state index in [1.807, 2.05) is 0 Å². The number of guanidine groups is 1. The molecular formula is C32H59N11O10. The van der Waals surface area contributed by atoms with Gasteiger partial charge >= 0.3 is 11.9 Å². The molecule has 1 fully saturated rings. The molecule has 0 spiro atoms. The largest absolute Gasteiger partial charge is 0.481 e. The van der Waals surface area contributed by atoms with Gasteiger partial charge in [-0.2, -0.15) is 0 Å². The molecule has 1 heterocycles. The first-order chi connectivity index (χ1) is 25.1. The first-order valence-corrected chi connectivity index (χ1v) is 17.9. The topological polar surface area (TPSA) is 369 Å². The summed E-state index contributed by atoms with van der Waals surface area (Å²) in [5.41, 5.74) is 21.8. The number of aliphatic imine (C=N–C) groups is 1. The van der Waals surface area contributed by atoms with E-state index >= 15 is 0 Å². The van der Waals surface area contributed by atoms with Crippen LogP contribution in [0.1, 0.15) is 84.0 Å². The van der Waals surface area contributed by atoms with Crippen LogP contribution in [0.3, 0.4) is 0 Å². The van der Waals surface area contributed by atoms with Crippen LogP contribution in [0.5, 0.6) is 0 Å². The summed E-state index contributed by atoms with van der Waals surface area (Å²) < 4.78 is 0. The van der Waals surface area contributed by atoms with E-state index in [1.54, 1.807) is 0 Å². The summed E-state index contributed by atoms with van der Waals surface area (Å²) in [6.07, 6.45) is 0.900. The second kappa shape index (κ2) is 25.4. The maximum Gasteiger partial charge on any atom is 0.326 e. The maximum atomic E-state index is 13.6. The zero-order valence-electron chi connectivity index (χ0n) is 30.3. The number of hydrogen-bond donors (Lipinski definition) is 13. The SMILES string of the molecule is C[C@@H](O)[C@H](NC(=O)[C@@H]1CCCN1)C(=O)N[C@@H](CCCCN)C(=O)N[C@@H](CCC(=O)O)C(=O)N[C@@H](CCCCN)C(=O)N[C@@H](CCCN=C(N)N)C(=O)O. The van der Waals surface area contributed by atoms with Crippen LogP contribution in [0.25, 0.3) is 0 Å². The number of carboxylic acids is 2. The second-order valence-electron chi connectivity index (χ2n) is 12.9. The van der Waals surface area contributed by atoms with Crippen molar-refractivity contribution in [2.75, 3.05) is 26.2 Å². The van der Waals surface area contributed by atoms with Crippen LogP contribution in [0.2, 0.25) is 0 Å². The van der Waals surface area contributed by atoms with E-state index in [-0.39, 0.29) is 51.3 Å². The summed E-state index contributed by atoms with van der Waals surface area (Å²) in [6, 6.07) is -7.41. The van der Waals surface area contributed by atoms with Crippen LogP contribution in [0.15, 0.2) is 4.99 Å². The Hall–Kier alpha value is -4.60. The van der Waals surface area contributed by atoms with Crippen molar-refractivity contribution in [2.24, 2.45) is 27.9 Å². The molecule has 0 unspecified atom stereocenters. The fourth-order valence-electron chi connectivity index (χ4n) is 5.47. The number of unbranched alkanes of at least 4 members (excludes halogenated alkanes) is 2. The van der Waals surface area contributed by atoms with Crippen LogP contribution in [0, 0.1) is 0 Å². The van der Waals surface area contributed by atoms with Crippen molar-refractivity contribution in [3.63, 3.8) is 0 Å². The van der Waals surface area contributed by atoms with E-state index < -0.39 is 96.7 Å². The van der Waals surface area contributed by atoms with Crippen molar-refractivity contribution < 1.29 is 48.9 Å². The second-order valence-corrected chi connectivity index (χ2v) is 12.9. The van der Waals surface area contributed by atoms with Crippen molar-refractivity contribution in [1.29, 1.82) is 0 Å². The van der Waals surface area contributed by atoms with Gasteiger partial charge in [0.15, 0.2) is 5.96 Å². The Morgan fingerprint density at radius 2 is 1.21 bits per heavy atom. The number of carbonyl (C=O) groups is 7. The van der Waals surface area contributed by atoms with Crippen LogP contribution in [-0.2, 0) is 33.6 Å². The number of rotatable bonds is 27. The quantitative estimate of drug-likeness (QED) is 0.0215. The van der Waals surface area contributed by atoms with Gasteiger partial charge in [0, 0.05) is 13.0 Å². The van der Waals surface area contributed by atoms with Crippen molar-refractivity contribution in [1.82, 2.24) is 31.9 Å². The smallest absolute Gasteiger partial charge is 0.326 e. The molecule has 0 aromatic rings. The Morgan fingerprint density at radius 1 is 0.717 bits per heavy atom. The fourth-order valence-corrected chi connectivity index (χ4v) is 5.47. The third-order valence-corrected chi connectivity index (χ3v) is 8.44. The molecule has 0 saturated carbocycles. The minimum atomic E-state index is -1.51. The van der Waals surface area contributed by atoms with Gasteiger partial charge in [0.05, 0.1) is 12.1 Å². The zero-order chi connectivity index (χ0) is 39.9. The molecule has 0 aromatic heterocycles. The Bertz CT molecular complexity index is 1240. The van der Waals surface area contributed by atoms with Crippen molar-refractivity contribution in [2.45, 2.75) is 126 Å². The first-order valence-electron chi connectivity index (χ1n) is 17.9. The van der Waals surface area contributed by atoms with E-state index in [9.17, 15) is 48.9 Å². The Balaban J connectivity index is 3.22. The molecule has 1 rings (SSSR count). The maximum absolute atomic E-state index is 13.6. The van der Waals surface area contributed by atoms with Gasteiger partial charge in [-0.1, -0.05) is 0 Å². The Kier molecular flexibility index (Phi) is 22.2. The Morgan fingerprint density at radius 3 is 1.64 bits per heavy atom. The van der Waals surface area contributed by atoms with Crippen molar-refractivity contribution in [3.05, 3.63) is 0 Å². The van der Waals surface area contributed by atoms with Gasteiger partial charge in [0.1, 0.15) is 30.2 Å². The van der Waals surface area contributed by atoms with E-state index in [0.29, 0.717) is 38.6 Å². The van der Waals surface area contributed by atoms with Gasteiger partial charge in [0.25, 0.3) is 0 Å². The molecule has 0 aliphatic carbocycles.